The molecule has 2 nitrogen and oxygen atoms in total. The number of aryl methyl sites for hydroxylation is 2. The lowest BCUT2D eigenvalue weighted by Crippen LogP contribution is -2.02. The summed E-state index contributed by atoms with van der Waals surface area (Å²) in [5, 5.41) is 0. The van der Waals surface area contributed by atoms with Crippen LogP contribution in [0.5, 0.6) is 11.5 Å². The maximum absolute atomic E-state index is 5.82. The molecular weight excluding hydrogens is 222 g/mol. The van der Waals surface area contributed by atoms with Crippen molar-refractivity contribution in [1.29, 1.82) is 0 Å². The Hall–Kier alpha value is -1.80. The molecule has 0 radical (unpaired) electrons. The molecule has 94 valence electrons. The van der Waals surface area contributed by atoms with E-state index < -0.39 is 0 Å². The van der Waals surface area contributed by atoms with Crippen LogP contribution in [0.2, 0.25) is 0 Å². The summed E-state index contributed by atoms with van der Waals surface area (Å²) in [6.45, 7) is 4.87. The zero-order valence-electron chi connectivity index (χ0n) is 10.9. The summed E-state index contributed by atoms with van der Waals surface area (Å²) >= 11 is 0. The van der Waals surface area contributed by atoms with Gasteiger partial charge in [-0.15, -0.1) is 0 Å². The van der Waals surface area contributed by atoms with E-state index in [1.807, 2.05) is 18.2 Å². The zero-order valence-corrected chi connectivity index (χ0v) is 10.9. The maximum Gasteiger partial charge on any atom is 0.127 e. The molecular formula is C16H19NO. The van der Waals surface area contributed by atoms with Crippen molar-refractivity contribution < 1.29 is 4.74 Å². The predicted molar refractivity (Wildman–Crippen MR) is 75.2 cm³/mol. The van der Waals surface area contributed by atoms with Crippen LogP contribution in [0, 0.1) is 13.8 Å². The van der Waals surface area contributed by atoms with Crippen molar-refractivity contribution in [2.24, 2.45) is 5.73 Å². The third-order valence-corrected chi connectivity index (χ3v) is 3.07. The summed E-state index contributed by atoms with van der Waals surface area (Å²) < 4.78 is 5.82. The van der Waals surface area contributed by atoms with Gasteiger partial charge in [0.05, 0.1) is 0 Å². The van der Waals surface area contributed by atoms with Gasteiger partial charge in [-0.2, -0.15) is 0 Å². The fourth-order valence-corrected chi connectivity index (χ4v) is 1.80. The normalized spacial score (nSPS) is 10.4. The molecule has 0 amide bonds. The van der Waals surface area contributed by atoms with Gasteiger partial charge in [0.25, 0.3) is 0 Å². The second-order valence-electron chi connectivity index (χ2n) is 4.53. The number of hydrogen-bond donors (Lipinski definition) is 1. The quantitative estimate of drug-likeness (QED) is 0.887. The third-order valence-electron chi connectivity index (χ3n) is 3.07. The highest BCUT2D eigenvalue weighted by Gasteiger charge is 2.00. The highest BCUT2D eigenvalue weighted by atomic mass is 16.5. The Bertz CT molecular complexity index is 517. The molecule has 0 fully saturated rings. The molecule has 0 aliphatic heterocycles. The Morgan fingerprint density at radius 3 is 2.17 bits per heavy atom. The summed E-state index contributed by atoms with van der Waals surface area (Å²) in [4.78, 5) is 0. The van der Waals surface area contributed by atoms with Gasteiger partial charge in [-0.25, -0.2) is 0 Å². The van der Waals surface area contributed by atoms with Crippen molar-refractivity contribution in [2.75, 3.05) is 6.54 Å². The molecule has 2 aromatic carbocycles. The van der Waals surface area contributed by atoms with Crippen LogP contribution in [0.15, 0.2) is 42.5 Å². The van der Waals surface area contributed by atoms with E-state index >= 15 is 0 Å². The molecule has 0 saturated carbocycles. The van der Waals surface area contributed by atoms with Crippen molar-refractivity contribution in [3.8, 4) is 11.5 Å². The van der Waals surface area contributed by atoms with E-state index in [1.165, 1.54) is 16.7 Å². The average Bonchev–Trinajstić information content (AvgIpc) is 2.37. The molecule has 0 spiro atoms. The minimum absolute atomic E-state index is 0.678. The van der Waals surface area contributed by atoms with Gasteiger partial charge in [0.15, 0.2) is 0 Å². The maximum atomic E-state index is 5.82. The first-order valence-corrected chi connectivity index (χ1v) is 6.23. The van der Waals surface area contributed by atoms with E-state index in [4.69, 9.17) is 10.5 Å². The highest BCUT2D eigenvalue weighted by molar-refractivity contribution is 5.38. The van der Waals surface area contributed by atoms with Gasteiger partial charge >= 0.3 is 0 Å². The lowest BCUT2D eigenvalue weighted by Gasteiger charge is -2.08. The first kappa shape index (κ1) is 12.7. The summed E-state index contributed by atoms with van der Waals surface area (Å²) in [6, 6.07) is 14.2. The molecule has 0 aliphatic carbocycles. The Balaban J connectivity index is 2.10. The molecule has 0 saturated heterocycles. The molecule has 2 aromatic rings. The molecule has 0 atom stereocenters. The van der Waals surface area contributed by atoms with Crippen LogP contribution in [-0.2, 0) is 6.42 Å². The van der Waals surface area contributed by atoms with Crippen LogP contribution in [0.3, 0.4) is 0 Å². The van der Waals surface area contributed by atoms with Crippen molar-refractivity contribution in [1.82, 2.24) is 0 Å². The van der Waals surface area contributed by atoms with Gasteiger partial charge in [-0.05, 0) is 67.8 Å². The largest absolute Gasteiger partial charge is 0.457 e. The molecule has 0 unspecified atom stereocenters. The smallest absolute Gasteiger partial charge is 0.127 e. The van der Waals surface area contributed by atoms with Crippen molar-refractivity contribution in [3.63, 3.8) is 0 Å². The predicted octanol–water partition coefficient (Wildman–Crippen LogP) is 3.60. The van der Waals surface area contributed by atoms with Crippen LogP contribution in [0.25, 0.3) is 0 Å². The minimum Gasteiger partial charge on any atom is -0.457 e. The second kappa shape index (κ2) is 5.69. The SMILES string of the molecule is Cc1ccc(Oc2ccc(CCN)cc2)cc1C. The van der Waals surface area contributed by atoms with Gasteiger partial charge in [-0.3, -0.25) is 0 Å². The summed E-state index contributed by atoms with van der Waals surface area (Å²) in [7, 11) is 0. The Kier molecular flexibility index (Phi) is 4.00. The number of rotatable bonds is 4. The lowest BCUT2D eigenvalue weighted by molar-refractivity contribution is 0.482. The van der Waals surface area contributed by atoms with Gasteiger partial charge in [0.1, 0.15) is 11.5 Å². The second-order valence-corrected chi connectivity index (χ2v) is 4.53. The number of benzene rings is 2. The van der Waals surface area contributed by atoms with Crippen LogP contribution in [0.4, 0.5) is 0 Å². The van der Waals surface area contributed by atoms with Crippen LogP contribution >= 0.6 is 0 Å². The van der Waals surface area contributed by atoms with E-state index in [0.717, 1.165) is 17.9 Å². The molecule has 0 aliphatic rings. The van der Waals surface area contributed by atoms with Crippen molar-refractivity contribution >= 4 is 0 Å². The first-order valence-electron chi connectivity index (χ1n) is 6.23. The van der Waals surface area contributed by atoms with Crippen LogP contribution in [-0.4, -0.2) is 6.54 Å². The van der Waals surface area contributed by atoms with Gasteiger partial charge < -0.3 is 10.5 Å². The van der Waals surface area contributed by atoms with Gasteiger partial charge in [-0.1, -0.05) is 18.2 Å². The molecule has 2 N–H and O–H groups in total. The van der Waals surface area contributed by atoms with Crippen molar-refractivity contribution in [3.05, 3.63) is 59.2 Å². The zero-order chi connectivity index (χ0) is 13.0. The lowest BCUT2D eigenvalue weighted by atomic mass is 10.1. The minimum atomic E-state index is 0.678. The molecule has 2 heteroatoms. The number of ether oxygens (including phenoxy) is 1. The fourth-order valence-electron chi connectivity index (χ4n) is 1.80. The summed E-state index contributed by atoms with van der Waals surface area (Å²) in [5.74, 6) is 1.74. The number of nitrogens with two attached hydrogens (primary N) is 1. The van der Waals surface area contributed by atoms with Crippen LogP contribution in [0.1, 0.15) is 16.7 Å². The fraction of sp³-hybridized carbons (Fsp3) is 0.250. The Morgan fingerprint density at radius 1 is 0.889 bits per heavy atom. The highest BCUT2D eigenvalue weighted by Crippen LogP contribution is 2.23. The van der Waals surface area contributed by atoms with Gasteiger partial charge in [0.2, 0.25) is 0 Å². The van der Waals surface area contributed by atoms with E-state index in [0.29, 0.717) is 6.54 Å². The Labute approximate surface area is 108 Å². The average molecular weight is 241 g/mol. The Morgan fingerprint density at radius 2 is 1.56 bits per heavy atom. The van der Waals surface area contributed by atoms with E-state index in [1.54, 1.807) is 0 Å². The number of hydrogen-bond acceptors (Lipinski definition) is 2. The molecule has 2 rings (SSSR count). The summed E-state index contributed by atoms with van der Waals surface area (Å²) in [5.41, 5.74) is 9.28. The third kappa shape index (κ3) is 3.11. The topological polar surface area (TPSA) is 35.2 Å². The first-order chi connectivity index (χ1) is 8.69. The molecule has 18 heavy (non-hydrogen) atoms. The van der Waals surface area contributed by atoms with E-state index in [2.05, 4.69) is 38.1 Å². The molecule has 0 aromatic heterocycles. The molecule has 0 heterocycles. The van der Waals surface area contributed by atoms with Crippen LogP contribution < -0.4 is 10.5 Å². The van der Waals surface area contributed by atoms with Crippen molar-refractivity contribution in [2.45, 2.75) is 20.3 Å². The summed E-state index contributed by atoms with van der Waals surface area (Å²) in [6.07, 6.45) is 0.907. The standard InChI is InChI=1S/C16H19NO/c1-12-3-6-16(11-13(12)2)18-15-7-4-14(5-8-15)9-10-17/h3-8,11H,9-10,17H2,1-2H3. The monoisotopic (exact) mass is 241 g/mol. The van der Waals surface area contributed by atoms with E-state index in [-0.39, 0.29) is 0 Å². The van der Waals surface area contributed by atoms with E-state index in [9.17, 15) is 0 Å². The molecule has 0 bridgehead atoms. The van der Waals surface area contributed by atoms with Gasteiger partial charge in [0, 0.05) is 0 Å².